The van der Waals surface area contributed by atoms with Crippen LogP contribution in [0.5, 0.6) is 0 Å². The number of alkyl halides is 3. The van der Waals surface area contributed by atoms with Crippen molar-refractivity contribution in [1.82, 2.24) is 5.48 Å². The molecular weight excluding hydrogens is 395 g/mol. The smallest absolute Gasteiger partial charge is 0.390 e. The van der Waals surface area contributed by atoms with Gasteiger partial charge in [0.05, 0.1) is 12.7 Å². The van der Waals surface area contributed by atoms with Crippen LogP contribution in [-0.2, 0) is 22.5 Å². The number of hydroxylamine groups is 1. The molecule has 2 rings (SSSR count). The van der Waals surface area contributed by atoms with Gasteiger partial charge in [-0.25, -0.2) is 5.48 Å². The first-order valence-corrected chi connectivity index (χ1v) is 8.96. The predicted molar refractivity (Wildman–Crippen MR) is 110 cm³/mol. The summed E-state index contributed by atoms with van der Waals surface area (Å²) < 4.78 is 37.8. The first kappa shape index (κ1) is 23.0. The van der Waals surface area contributed by atoms with Crippen LogP contribution in [0.4, 0.5) is 13.2 Å². The van der Waals surface area contributed by atoms with Crippen LogP contribution in [0.3, 0.4) is 0 Å². The van der Waals surface area contributed by atoms with E-state index in [1.165, 1.54) is 19.2 Å². The second kappa shape index (κ2) is 10.5. The van der Waals surface area contributed by atoms with Crippen molar-refractivity contribution in [2.75, 3.05) is 14.2 Å². The van der Waals surface area contributed by atoms with Crippen molar-refractivity contribution in [2.45, 2.75) is 26.6 Å². The molecule has 8 heteroatoms. The number of amidine groups is 1. The Hall–Kier alpha value is -3.31. The molecule has 0 bridgehead atoms. The summed E-state index contributed by atoms with van der Waals surface area (Å²) >= 11 is 0. The van der Waals surface area contributed by atoms with Gasteiger partial charge in [0.15, 0.2) is 5.84 Å². The molecule has 0 atom stereocenters. The molecule has 1 N–H and O–H groups in total. The fraction of sp³-hybridized carbons (Fsp3) is 0.273. The Balaban J connectivity index is 2.09. The molecule has 0 unspecified atom stereocenters. The van der Waals surface area contributed by atoms with Crippen LogP contribution in [0.15, 0.2) is 52.6 Å². The van der Waals surface area contributed by atoms with Crippen LogP contribution in [-0.4, -0.2) is 25.7 Å². The summed E-state index contributed by atoms with van der Waals surface area (Å²) in [7, 11) is 3.15. The summed E-state index contributed by atoms with van der Waals surface area (Å²) in [5.41, 5.74) is 5.57. The number of benzene rings is 2. The van der Waals surface area contributed by atoms with Gasteiger partial charge < -0.3 is 4.84 Å². The summed E-state index contributed by atoms with van der Waals surface area (Å²) in [5, 5.41) is 3.98. The molecule has 0 aliphatic carbocycles. The number of halogens is 3. The molecule has 5 nitrogen and oxygen atoms in total. The monoisotopic (exact) mass is 417 g/mol. The zero-order valence-electron chi connectivity index (χ0n) is 17.1. The number of aliphatic imine (C=N–C) groups is 1. The fourth-order valence-corrected chi connectivity index (χ4v) is 2.56. The molecule has 0 heterocycles. The normalized spacial score (nSPS) is 12.2. The Morgan fingerprint density at radius 3 is 2.43 bits per heavy atom. The van der Waals surface area contributed by atoms with Gasteiger partial charge in [0, 0.05) is 23.7 Å². The number of rotatable bonds is 5. The van der Waals surface area contributed by atoms with E-state index in [0.717, 1.165) is 28.8 Å². The molecule has 0 saturated heterocycles. The van der Waals surface area contributed by atoms with E-state index < -0.39 is 11.7 Å². The van der Waals surface area contributed by atoms with Gasteiger partial charge in [0.25, 0.3) is 0 Å². The van der Waals surface area contributed by atoms with Crippen LogP contribution >= 0.6 is 0 Å². The molecule has 0 spiro atoms. The molecule has 0 aliphatic heterocycles. The van der Waals surface area contributed by atoms with Crippen molar-refractivity contribution in [3.05, 3.63) is 70.3 Å². The van der Waals surface area contributed by atoms with Crippen LogP contribution in [0.25, 0.3) is 0 Å². The highest BCUT2D eigenvalue weighted by Gasteiger charge is 2.29. The second-order valence-electron chi connectivity index (χ2n) is 6.25. The van der Waals surface area contributed by atoms with Gasteiger partial charge >= 0.3 is 6.18 Å². The van der Waals surface area contributed by atoms with Crippen LogP contribution in [0, 0.1) is 18.8 Å². The Labute approximate surface area is 173 Å². The summed E-state index contributed by atoms with van der Waals surface area (Å²) in [4.78, 5) is 14.6. The van der Waals surface area contributed by atoms with E-state index in [-0.39, 0.29) is 6.61 Å². The quantitative estimate of drug-likeness (QED) is 0.338. The van der Waals surface area contributed by atoms with Gasteiger partial charge in [-0.1, -0.05) is 29.3 Å². The third-order valence-corrected chi connectivity index (χ3v) is 4.10. The molecule has 30 heavy (non-hydrogen) atoms. The maximum atomic E-state index is 12.6. The van der Waals surface area contributed by atoms with E-state index in [4.69, 9.17) is 9.68 Å². The van der Waals surface area contributed by atoms with Crippen LogP contribution in [0.1, 0.15) is 34.7 Å². The van der Waals surface area contributed by atoms with Crippen molar-refractivity contribution in [3.8, 4) is 11.8 Å². The van der Waals surface area contributed by atoms with E-state index in [2.05, 4.69) is 27.5 Å². The lowest BCUT2D eigenvalue weighted by Gasteiger charge is -2.14. The number of aryl methyl sites for hydroxylation is 1. The van der Waals surface area contributed by atoms with Crippen LogP contribution < -0.4 is 5.48 Å². The number of nitrogens with zero attached hydrogens (tertiary/aromatic N) is 2. The highest BCUT2D eigenvalue weighted by Crippen LogP contribution is 2.28. The number of hydrogen-bond acceptors (Lipinski definition) is 4. The average Bonchev–Trinajstić information content (AvgIpc) is 2.71. The summed E-state index contributed by atoms with van der Waals surface area (Å²) in [6.07, 6.45) is -4.37. The Morgan fingerprint density at radius 2 is 1.83 bits per heavy atom. The van der Waals surface area contributed by atoms with Gasteiger partial charge in [0.1, 0.15) is 12.3 Å². The molecule has 158 valence electrons. The lowest BCUT2D eigenvalue weighted by Crippen LogP contribution is -2.24. The molecule has 0 amide bonds. The Morgan fingerprint density at radius 1 is 1.13 bits per heavy atom. The Bertz CT molecular complexity index is 985. The van der Waals surface area contributed by atoms with Gasteiger partial charge in [-0.2, -0.15) is 13.2 Å². The lowest BCUT2D eigenvalue weighted by molar-refractivity contribution is -0.137. The van der Waals surface area contributed by atoms with Crippen molar-refractivity contribution in [2.24, 2.45) is 10.1 Å². The molecule has 0 aromatic heterocycles. The number of hydrogen-bond donors (Lipinski definition) is 1. The lowest BCUT2D eigenvalue weighted by atomic mass is 10.0. The maximum absolute atomic E-state index is 12.6. The molecule has 0 fully saturated rings. The molecule has 2 aromatic carbocycles. The van der Waals surface area contributed by atoms with Gasteiger partial charge in [-0.05, 0) is 49.6 Å². The zero-order valence-corrected chi connectivity index (χ0v) is 17.1. The first-order valence-electron chi connectivity index (χ1n) is 8.96. The minimum atomic E-state index is -4.37. The van der Waals surface area contributed by atoms with E-state index >= 15 is 0 Å². The largest absolute Gasteiger partial charge is 0.416 e. The molecular formula is C22H22F3N3O2. The Kier molecular flexibility index (Phi) is 8.01. The van der Waals surface area contributed by atoms with Crippen molar-refractivity contribution < 1.29 is 22.8 Å². The number of oxime groups is 1. The average molecular weight is 417 g/mol. The van der Waals surface area contributed by atoms with Gasteiger partial charge in [-0.3, -0.25) is 9.83 Å². The maximum Gasteiger partial charge on any atom is 0.416 e. The third kappa shape index (κ3) is 6.36. The highest BCUT2D eigenvalue weighted by atomic mass is 19.4. The standard InChI is InChI=1S/C22H22F3N3O2/c1-15-6-5-7-19(21(26-3)28-29-4)20(15)14-30-27-16(2)8-9-17-10-12-18(13-11-17)22(23,24)25/h5-7,10-13H,14H2,1-4H3,(H,26,28)/b27-16+. The summed E-state index contributed by atoms with van der Waals surface area (Å²) in [6, 6.07) is 10.4. The van der Waals surface area contributed by atoms with E-state index in [9.17, 15) is 13.2 Å². The van der Waals surface area contributed by atoms with E-state index in [0.29, 0.717) is 17.1 Å². The summed E-state index contributed by atoms with van der Waals surface area (Å²) in [5.74, 6) is 6.09. The summed E-state index contributed by atoms with van der Waals surface area (Å²) in [6.45, 7) is 3.79. The van der Waals surface area contributed by atoms with Crippen molar-refractivity contribution in [3.63, 3.8) is 0 Å². The zero-order chi connectivity index (χ0) is 22.1. The molecule has 2 aromatic rings. The van der Waals surface area contributed by atoms with Crippen molar-refractivity contribution >= 4 is 11.5 Å². The second-order valence-corrected chi connectivity index (χ2v) is 6.25. The van der Waals surface area contributed by atoms with Gasteiger partial charge in [-0.15, -0.1) is 0 Å². The number of nitrogens with one attached hydrogen (secondary N) is 1. The SMILES string of the molecule is CN=C(NOC)c1cccc(C)c1CO/N=C(\C)C#Cc1ccc(C(F)(F)F)cc1. The van der Waals surface area contributed by atoms with E-state index in [1.807, 2.05) is 25.1 Å². The molecule has 0 saturated carbocycles. The van der Waals surface area contributed by atoms with Gasteiger partial charge in [0.2, 0.25) is 0 Å². The van der Waals surface area contributed by atoms with E-state index in [1.54, 1.807) is 14.0 Å². The predicted octanol–water partition coefficient (Wildman–Crippen LogP) is 4.49. The molecule has 0 radical (unpaired) electrons. The third-order valence-electron chi connectivity index (χ3n) is 4.10. The fourth-order valence-electron chi connectivity index (χ4n) is 2.56. The van der Waals surface area contributed by atoms with Crippen LogP contribution in [0.2, 0.25) is 0 Å². The van der Waals surface area contributed by atoms with Crippen molar-refractivity contribution in [1.29, 1.82) is 0 Å². The first-order chi connectivity index (χ1) is 14.3. The minimum absolute atomic E-state index is 0.186. The topological polar surface area (TPSA) is 55.2 Å². The minimum Gasteiger partial charge on any atom is -0.390 e. The highest BCUT2D eigenvalue weighted by molar-refractivity contribution is 5.99. The molecule has 0 aliphatic rings.